The van der Waals surface area contributed by atoms with Gasteiger partial charge in [0, 0.05) is 18.1 Å². The van der Waals surface area contributed by atoms with E-state index in [0.717, 1.165) is 15.9 Å². The highest BCUT2D eigenvalue weighted by Gasteiger charge is 2.36. The van der Waals surface area contributed by atoms with Crippen molar-refractivity contribution in [1.82, 2.24) is 15.2 Å². The van der Waals surface area contributed by atoms with E-state index in [2.05, 4.69) is 20.5 Å². The second-order valence-corrected chi connectivity index (χ2v) is 11.8. The van der Waals surface area contributed by atoms with Crippen LogP contribution in [0.4, 0.5) is 30.4 Å². The highest BCUT2D eigenvalue weighted by atomic mass is 32.2. The first-order valence-electron chi connectivity index (χ1n) is 11.7. The molecule has 0 bridgehead atoms. The number of aryl methyl sites for hydroxylation is 1. The van der Waals surface area contributed by atoms with Gasteiger partial charge in [0.25, 0.3) is 10.0 Å². The van der Waals surface area contributed by atoms with Gasteiger partial charge < -0.3 is 9.73 Å². The third-order valence-corrected chi connectivity index (χ3v) is 7.96. The molecule has 0 radical (unpaired) electrons. The molecule has 0 spiro atoms. The number of alkyl halides is 3. The topological polar surface area (TPSA) is 101 Å². The fourth-order valence-electron chi connectivity index (χ4n) is 4.11. The third kappa shape index (κ3) is 4.71. The van der Waals surface area contributed by atoms with Crippen molar-refractivity contribution >= 4 is 27.2 Å². The van der Waals surface area contributed by atoms with Crippen molar-refractivity contribution in [2.75, 3.05) is 9.62 Å². The van der Waals surface area contributed by atoms with Gasteiger partial charge in [-0.3, -0.25) is 4.31 Å². The molecule has 5 rings (SSSR count). The Morgan fingerprint density at radius 2 is 1.68 bits per heavy atom. The summed E-state index contributed by atoms with van der Waals surface area (Å²) in [4.78, 5) is 3.80. The summed E-state index contributed by atoms with van der Waals surface area (Å²) in [6.45, 7) is 7.43. The van der Waals surface area contributed by atoms with Crippen molar-refractivity contribution in [1.29, 1.82) is 0 Å². The zero-order valence-electron chi connectivity index (χ0n) is 21.0. The minimum Gasteiger partial charge on any atom is -0.421 e. The summed E-state index contributed by atoms with van der Waals surface area (Å²) in [5.41, 5.74) is 0.869. The van der Waals surface area contributed by atoms with Crippen LogP contribution in [-0.4, -0.2) is 23.6 Å². The average Bonchev–Trinajstić information content (AvgIpc) is 3.20. The number of nitrogens with one attached hydrogen (secondary N) is 1. The molecule has 0 aliphatic carbocycles. The van der Waals surface area contributed by atoms with Crippen molar-refractivity contribution in [3.8, 4) is 11.5 Å². The molecule has 8 nitrogen and oxygen atoms in total. The lowest BCUT2D eigenvalue weighted by atomic mass is 9.87. The van der Waals surface area contributed by atoms with Crippen molar-refractivity contribution in [2.45, 2.75) is 50.7 Å². The van der Waals surface area contributed by atoms with Gasteiger partial charge in [-0.2, -0.15) is 13.2 Å². The molecule has 0 fully saturated rings. The lowest BCUT2D eigenvalue weighted by Gasteiger charge is -2.25. The summed E-state index contributed by atoms with van der Waals surface area (Å²) in [7, 11) is -4.16. The quantitative estimate of drug-likeness (QED) is 0.328. The number of fused-ring (bicyclic) bond motifs is 2. The van der Waals surface area contributed by atoms with E-state index in [4.69, 9.17) is 4.42 Å². The summed E-state index contributed by atoms with van der Waals surface area (Å²) >= 11 is 0. The minimum atomic E-state index is -4.66. The molecule has 2 aromatic heterocycles. The molecular weight excluding hydrogens is 519 g/mol. The standard InChI is InChI=1S/C26H24F3N5O3S/c1-15-32-33-24(37-15)16-5-11-20-21(13-16)34(14-17-6-12-22(26(27,28)29)31-23(17)30-20)38(35,36)19-9-7-18(8-10-19)25(2,3)4/h5-13H,14H2,1-4H3,(H,30,31). The van der Waals surface area contributed by atoms with E-state index in [1.54, 1.807) is 37.3 Å². The van der Waals surface area contributed by atoms with Crippen molar-refractivity contribution in [2.24, 2.45) is 0 Å². The molecule has 4 aromatic rings. The Hall–Kier alpha value is -3.93. The van der Waals surface area contributed by atoms with Crippen LogP contribution >= 0.6 is 0 Å². The Labute approximate surface area is 217 Å². The third-order valence-electron chi connectivity index (χ3n) is 6.18. The molecule has 0 saturated carbocycles. The van der Waals surface area contributed by atoms with Crippen LogP contribution in [0, 0.1) is 6.92 Å². The number of rotatable bonds is 3. The van der Waals surface area contributed by atoms with Crippen molar-refractivity contribution in [3.63, 3.8) is 0 Å². The van der Waals surface area contributed by atoms with Gasteiger partial charge in [-0.15, -0.1) is 10.2 Å². The van der Waals surface area contributed by atoms with E-state index in [9.17, 15) is 21.6 Å². The first-order chi connectivity index (χ1) is 17.7. The van der Waals surface area contributed by atoms with Gasteiger partial charge in [-0.25, -0.2) is 13.4 Å². The monoisotopic (exact) mass is 543 g/mol. The Kier molecular flexibility index (Phi) is 5.97. The molecule has 3 heterocycles. The van der Waals surface area contributed by atoms with E-state index >= 15 is 0 Å². The van der Waals surface area contributed by atoms with Gasteiger partial charge in [0.15, 0.2) is 0 Å². The van der Waals surface area contributed by atoms with E-state index < -0.39 is 21.9 Å². The molecule has 2 aromatic carbocycles. The van der Waals surface area contributed by atoms with E-state index in [1.807, 2.05) is 20.8 Å². The Balaban J connectivity index is 1.67. The summed E-state index contributed by atoms with van der Waals surface area (Å²) < 4.78 is 74.8. The second-order valence-electron chi connectivity index (χ2n) is 9.97. The van der Waals surface area contributed by atoms with Gasteiger partial charge in [-0.1, -0.05) is 39.0 Å². The molecule has 1 N–H and O–H groups in total. The van der Waals surface area contributed by atoms with Crippen LogP contribution < -0.4 is 9.62 Å². The Morgan fingerprint density at radius 3 is 2.29 bits per heavy atom. The van der Waals surface area contributed by atoms with Crippen LogP contribution in [0.1, 0.15) is 43.5 Å². The zero-order valence-corrected chi connectivity index (χ0v) is 21.8. The van der Waals surface area contributed by atoms with Crippen molar-refractivity contribution in [3.05, 3.63) is 77.3 Å². The summed E-state index contributed by atoms with van der Waals surface area (Å²) in [5.74, 6) is 0.424. The Morgan fingerprint density at radius 1 is 0.974 bits per heavy atom. The number of sulfonamides is 1. The lowest BCUT2D eigenvalue weighted by molar-refractivity contribution is -0.141. The van der Waals surface area contributed by atoms with Gasteiger partial charge in [0.2, 0.25) is 11.8 Å². The largest absolute Gasteiger partial charge is 0.433 e. The van der Waals surface area contributed by atoms with E-state index in [0.29, 0.717) is 11.5 Å². The molecule has 0 atom stereocenters. The molecular formula is C26H24F3N5O3S. The average molecular weight is 544 g/mol. The SMILES string of the molecule is Cc1nnc(-c2ccc3c(c2)N(S(=O)(=O)c2ccc(C(C)(C)C)cc2)Cc2ccc(C(F)(F)F)nc2N3)o1. The molecule has 0 amide bonds. The van der Waals surface area contributed by atoms with Gasteiger partial charge in [0.05, 0.1) is 22.8 Å². The smallest absolute Gasteiger partial charge is 0.421 e. The van der Waals surface area contributed by atoms with E-state index in [1.165, 1.54) is 18.2 Å². The van der Waals surface area contributed by atoms with Gasteiger partial charge >= 0.3 is 6.18 Å². The number of halogens is 3. The Bertz CT molecular complexity index is 1630. The molecule has 1 aliphatic rings. The lowest BCUT2D eigenvalue weighted by Crippen LogP contribution is -2.30. The number of pyridine rings is 1. The van der Waals surface area contributed by atoms with Crippen molar-refractivity contribution < 1.29 is 26.0 Å². The molecule has 1 aliphatic heterocycles. The predicted octanol–water partition coefficient (Wildman–Crippen LogP) is 6.21. The number of hydrogen-bond donors (Lipinski definition) is 1. The number of benzene rings is 2. The van der Waals surface area contributed by atoms with Crippen LogP contribution in [-0.2, 0) is 28.2 Å². The maximum Gasteiger partial charge on any atom is 0.433 e. The van der Waals surface area contributed by atoms with Crippen LogP contribution in [0.2, 0.25) is 0 Å². The van der Waals surface area contributed by atoms with E-state index in [-0.39, 0.29) is 45.5 Å². The van der Waals surface area contributed by atoms with Crippen LogP contribution in [0.15, 0.2) is 63.9 Å². The van der Waals surface area contributed by atoms with Gasteiger partial charge in [-0.05, 0) is 47.4 Å². The van der Waals surface area contributed by atoms with Crippen LogP contribution in [0.25, 0.3) is 11.5 Å². The minimum absolute atomic E-state index is 0.0406. The molecule has 198 valence electrons. The first-order valence-corrected chi connectivity index (χ1v) is 13.1. The fraction of sp³-hybridized carbons (Fsp3) is 0.269. The summed E-state index contributed by atoms with van der Waals surface area (Å²) in [5, 5.41) is 10.7. The maximum atomic E-state index is 14.0. The molecule has 0 saturated heterocycles. The van der Waals surface area contributed by atoms with Gasteiger partial charge in [0.1, 0.15) is 11.5 Å². The highest BCUT2D eigenvalue weighted by molar-refractivity contribution is 7.92. The van der Waals surface area contributed by atoms with Crippen LogP contribution in [0.3, 0.4) is 0 Å². The maximum absolute atomic E-state index is 14.0. The zero-order chi connectivity index (χ0) is 27.5. The molecule has 0 unspecified atom stereocenters. The predicted molar refractivity (Wildman–Crippen MR) is 136 cm³/mol. The number of nitrogens with zero attached hydrogens (tertiary/aromatic N) is 4. The second kappa shape index (κ2) is 8.83. The fourth-order valence-corrected chi connectivity index (χ4v) is 5.56. The summed E-state index contributed by atoms with van der Waals surface area (Å²) in [6, 6.07) is 13.4. The normalized spacial score (nSPS) is 13.9. The number of aromatic nitrogens is 3. The number of hydrogen-bond acceptors (Lipinski definition) is 7. The highest BCUT2D eigenvalue weighted by Crippen LogP contribution is 2.41. The van der Waals surface area contributed by atoms with Crippen LogP contribution in [0.5, 0.6) is 0 Å². The molecule has 38 heavy (non-hydrogen) atoms. The number of anilines is 3. The first kappa shape index (κ1) is 25.7. The summed E-state index contributed by atoms with van der Waals surface area (Å²) in [6.07, 6.45) is -4.66. The molecule has 12 heteroatoms.